The molecule has 0 spiro atoms. The van der Waals surface area contributed by atoms with Gasteiger partial charge in [0.15, 0.2) is 0 Å². The third-order valence-electron chi connectivity index (χ3n) is 5.69. The van der Waals surface area contributed by atoms with Crippen LogP contribution in [0.4, 0.5) is 0 Å². The second-order valence-electron chi connectivity index (χ2n) is 7.63. The number of Topliss-reactive ketones (excluding diaryl/α,β-unsaturated/α-hetero) is 1. The maximum Gasteiger partial charge on any atom is 0.295 e. The first kappa shape index (κ1) is 24.1. The van der Waals surface area contributed by atoms with Gasteiger partial charge in [0, 0.05) is 31.4 Å². The standard InChI is InChI=1S/C25H29NO7/c1-15-13-16(7-9-19(15)32-4)23(27)21-22(18-14-17(31-3)8-10-20(18)33-5)26(11-6-12-30-2)25(29)24(21)28/h7-10,13-14,22,27H,6,11-12H2,1-5H3/b23-21+. The Bertz CT molecular complexity index is 1080. The van der Waals surface area contributed by atoms with Crippen molar-refractivity contribution >= 4 is 17.4 Å². The van der Waals surface area contributed by atoms with Crippen molar-refractivity contribution in [3.63, 3.8) is 0 Å². The molecular weight excluding hydrogens is 426 g/mol. The first-order chi connectivity index (χ1) is 15.9. The normalized spacial score (nSPS) is 17.4. The van der Waals surface area contributed by atoms with E-state index in [0.717, 1.165) is 5.56 Å². The van der Waals surface area contributed by atoms with E-state index >= 15 is 0 Å². The summed E-state index contributed by atoms with van der Waals surface area (Å²) in [6.45, 7) is 2.52. The summed E-state index contributed by atoms with van der Waals surface area (Å²) in [5.41, 5.74) is 1.73. The van der Waals surface area contributed by atoms with Crippen LogP contribution in [0.25, 0.3) is 5.76 Å². The molecule has 1 aliphatic rings. The molecule has 176 valence electrons. The fourth-order valence-corrected chi connectivity index (χ4v) is 4.05. The minimum absolute atomic E-state index is 0.00598. The van der Waals surface area contributed by atoms with Gasteiger partial charge in [-0.2, -0.15) is 0 Å². The van der Waals surface area contributed by atoms with E-state index in [9.17, 15) is 14.7 Å². The van der Waals surface area contributed by atoms with E-state index in [-0.39, 0.29) is 17.9 Å². The molecule has 0 aliphatic carbocycles. The molecule has 33 heavy (non-hydrogen) atoms. The van der Waals surface area contributed by atoms with Crippen molar-refractivity contribution in [2.45, 2.75) is 19.4 Å². The Hall–Kier alpha value is -3.52. The number of ether oxygens (including phenoxy) is 4. The largest absolute Gasteiger partial charge is 0.507 e. The van der Waals surface area contributed by atoms with Crippen LogP contribution in [-0.4, -0.2) is 63.3 Å². The van der Waals surface area contributed by atoms with Gasteiger partial charge >= 0.3 is 0 Å². The topological polar surface area (TPSA) is 94.5 Å². The summed E-state index contributed by atoms with van der Waals surface area (Å²) >= 11 is 0. The van der Waals surface area contributed by atoms with Gasteiger partial charge in [-0.25, -0.2) is 0 Å². The molecule has 0 radical (unpaired) electrons. The van der Waals surface area contributed by atoms with Gasteiger partial charge in [-0.05, 0) is 55.3 Å². The Morgan fingerprint density at radius 1 is 0.970 bits per heavy atom. The first-order valence-electron chi connectivity index (χ1n) is 10.5. The summed E-state index contributed by atoms with van der Waals surface area (Å²) < 4.78 is 21.3. The summed E-state index contributed by atoms with van der Waals surface area (Å²) in [6, 6.07) is 9.37. The number of amides is 1. The van der Waals surface area contributed by atoms with E-state index in [0.29, 0.717) is 41.4 Å². The van der Waals surface area contributed by atoms with Gasteiger partial charge in [0.25, 0.3) is 11.7 Å². The van der Waals surface area contributed by atoms with Gasteiger partial charge in [-0.1, -0.05) is 0 Å². The predicted molar refractivity (Wildman–Crippen MR) is 123 cm³/mol. The molecule has 0 aromatic heterocycles. The van der Waals surface area contributed by atoms with Crippen molar-refractivity contribution in [1.82, 2.24) is 4.90 Å². The molecule has 2 aromatic rings. The molecule has 1 amide bonds. The second kappa shape index (κ2) is 10.4. The maximum atomic E-state index is 13.2. The van der Waals surface area contributed by atoms with Gasteiger partial charge in [0.2, 0.25) is 0 Å². The van der Waals surface area contributed by atoms with E-state index in [1.165, 1.54) is 19.1 Å². The number of carbonyl (C=O) groups is 2. The van der Waals surface area contributed by atoms with E-state index < -0.39 is 17.7 Å². The average Bonchev–Trinajstić information content (AvgIpc) is 3.08. The molecule has 2 aromatic carbocycles. The van der Waals surface area contributed by atoms with Crippen LogP contribution < -0.4 is 14.2 Å². The Kier molecular flexibility index (Phi) is 7.60. The second-order valence-corrected chi connectivity index (χ2v) is 7.63. The maximum absolute atomic E-state index is 13.2. The molecule has 1 atom stereocenters. The summed E-state index contributed by atoms with van der Waals surface area (Å²) in [7, 11) is 6.17. The molecule has 1 N–H and O–H groups in total. The van der Waals surface area contributed by atoms with Crippen molar-refractivity contribution in [3.05, 3.63) is 58.7 Å². The number of aliphatic hydroxyl groups excluding tert-OH is 1. The minimum atomic E-state index is -0.852. The third kappa shape index (κ3) is 4.66. The summed E-state index contributed by atoms with van der Waals surface area (Å²) in [5.74, 6) is -0.0494. The molecule has 1 fully saturated rings. The highest BCUT2D eigenvalue weighted by atomic mass is 16.5. The molecule has 3 rings (SSSR count). The van der Waals surface area contributed by atoms with Crippen LogP contribution in [0.3, 0.4) is 0 Å². The van der Waals surface area contributed by atoms with Gasteiger partial charge in [0.05, 0.1) is 32.9 Å². The zero-order chi connectivity index (χ0) is 24.1. The lowest BCUT2D eigenvalue weighted by Gasteiger charge is -2.27. The van der Waals surface area contributed by atoms with Gasteiger partial charge in [-0.3, -0.25) is 9.59 Å². The number of ketones is 1. The number of methoxy groups -OCH3 is 4. The van der Waals surface area contributed by atoms with Gasteiger partial charge < -0.3 is 29.0 Å². The lowest BCUT2D eigenvalue weighted by molar-refractivity contribution is -0.140. The number of benzene rings is 2. The van der Waals surface area contributed by atoms with Crippen LogP contribution in [-0.2, 0) is 14.3 Å². The molecule has 1 aliphatic heterocycles. The quantitative estimate of drug-likeness (QED) is 0.268. The summed E-state index contributed by atoms with van der Waals surface area (Å²) in [4.78, 5) is 27.7. The number of rotatable bonds is 9. The Labute approximate surface area is 193 Å². The number of hydrogen-bond donors (Lipinski definition) is 1. The first-order valence-corrected chi connectivity index (χ1v) is 10.5. The number of nitrogens with zero attached hydrogens (tertiary/aromatic N) is 1. The molecule has 0 bridgehead atoms. The lowest BCUT2D eigenvalue weighted by Crippen LogP contribution is -2.31. The molecule has 8 nitrogen and oxygen atoms in total. The minimum Gasteiger partial charge on any atom is -0.507 e. The van der Waals surface area contributed by atoms with Crippen LogP contribution in [0.15, 0.2) is 42.0 Å². The van der Waals surface area contributed by atoms with Crippen LogP contribution in [0, 0.1) is 6.92 Å². The fraction of sp³-hybridized carbons (Fsp3) is 0.360. The monoisotopic (exact) mass is 455 g/mol. The van der Waals surface area contributed by atoms with Crippen LogP contribution >= 0.6 is 0 Å². The Balaban J connectivity index is 2.22. The number of hydrogen-bond acceptors (Lipinski definition) is 7. The van der Waals surface area contributed by atoms with Crippen molar-refractivity contribution in [3.8, 4) is 17.2 Å². The SMILES string of the molecule is COCCCN1C(=O)C(=O)/C(=C(/O)c2ccc(OC)c(C)c2)C1c1cc(OC)ccc1OC. The zero-order valence-electron chi connectivity index (χ0n) is 19.5. The van der Waals surface area contributed by atoms with Gasteiger partial charge in [-0.15, -0.1) is 0 Å². The van der Waals surface area contributed by atoms with Crippen LogP contribution in [0.1, 0.15) is 29.2 Å². The molecule has 8 heteroatoms. The van der Waals surface area contributed by atoms with E-state index in [1.54, 1.807) is 50.6 Å². The van der Waals surface area contributed by atoms with E-state index in [2.05, 4.69) is 0 Å². The molecule has 1 unspecified atom stereocenters. The Morgan fingerprint density at radius 3 is 2.27 bits per heavy atom. The van der Waals surface area contributed by atoms with Gasteiger partial charge in [0.1, 0.15) is 23.0 Å². The number of carbonyl (C=O) groups excluding carboxylic acids is 2. The van der Waals surface area contributed by atoms with Crippen molar-refractivity contribution in [1.29, 1.82) is 0 Å². The summed E-state index contributed by atoms with van der Waals surface area (Å²) in [5, 5.41) is 11.3. The molecule has 0 saturated carbocycles. The smallest absolute Gasteiger partial charge is 0.295 e. The van der Waals surface area contributed by atoms with Crippen molar-refractivity contribution in [2.24, 2.45) is 0 Å². The average molecular weight is 456 g/mol. The Morgan fingerprint density at radius 2 is 1.67 bits per heavy atom. The number of likely N-dealkylation sites (tertiary alicyclic amines) is 1. The highest BCUT2D eigenvalue weighted by molar-refractivity contribution is 6.46. The lowest BCUT2D eigenvalue weighted by atomic mass is 9.94. The molecular formula is C25H29NO7. The third-order valence-corrected chi connectivity index (χ3v) is 5.69. The molecule has 1 saturated heterocycles. The number of aryl methyl sites for hydroxylation is 1. The van der Waals surface area contributed by atoms with Crippen LogP contribution in [0.2, 0.25) is 0 Å². The van der Waals surface area contributed by atoms with Crippen molar-refractivity contribution in [2.75, 3.05) is 41.6 Å². The summed E-state index contributed by atoms with van der Waals surface area (Å²) in [6.07, 6.45) is 0.522. The predicted octanol–water partition coefficient (Wildman–Crippen LogP) is 3.48. The highest BCUT2D eigenvalue weighted by Crippen LogP contribution is 2.44. The highest BCUT2D eigenvalue weighted by Gasteiger charge is 2.47. The van der Waals surface area contributed by atoms with Crippen molar-refractivity contribution < 1.29 is 33.6 Å². The molecule has 1 heterocycles. The van der Waals surface area contributed by atoms with E-state index in [1.807, 2.05) is 6.92 Å². The van der Waals surface area contributed by atoms with Crippen LogP contribution in [0.5, 0.6) is 17.2 Å². The van der Waals surface area contributed by atoms with E-state index in [4.69, 9.17) is 18.9 Å². The zero-order valence-corrected chi connectivity index (χ0v) is 19.5. The fourth-order valence-electron chi connectivity index (χ4n) is 4.05. The number of aliphatic hydroxyl groups is 1.